The molecule has 2 atom stereocenters. The number of nitrogens with one attached hydrogen (secondary N) is 1. The standard InChI is InChI=1S/C20H21ClFN3O4S/c21-15-7-5-14(6-8-15)18-13-17(23-29-18)20(26)24-9-11-25(12-10-24)30(27,28)19-4-2-1-3-16(19)22/h1-8,17-18,23H,9-13H2. The first-order valence-corrected chi connectivity index (χ1v) is 11.4. The van der Waals surface area contributed by atoms with E-state index in [1.807, 2.05) is 12.1 Å². The summed E-state index contributed by atoms with van der Waals surface area (Å²) in [5, 5.41) is 0.625. The SMILES string of the molecule is O=C(C1CC(c2ccc(Cl)cc2)ON1)N1CCN(S(=O)(=O)c2ccccc2F)CC1. The largest absolute Gasteiger partial charge is 0.339 e. The van der Waals surface area contributed by atoms with Crippen LogP contribution in [0.15, 0.2) is 53.4 Å². The summed E-state index contributed by atoms with van der Waals surface area (Å²) in [6.45, 7) is 0.680. The zero-order valence-electron chi connectivity index (χ0n) is 16.0. The lowest BCUT2D eigenvalue weighted by molar-refractivity contribution is -0.135. The number of hydrogen-bond acceptors (Lipinski definition) is 5. The van der Waals surface area contributed by atoms with Gasteiger partial charge in [0.2, 0.25) is 15.9 Å². The van der Waals surface area contributed by atoms with Gasteiger partial charge in [0.25, 0.3) is 0 Å². The van der Waals surface area contributed by atoms with Gasteiger partial charge in [-0.3, -0.25) is 9.63 Å². The van der Waals surface area contributed by atoms with Gasteiger partial charge in [-0.2, -0.15) is 9.79 Å². The number of hydroxylamine groups is 1. The fourth-order valence-corrected chi connectivity index (χ4v) is 5.28. The van der Waals surface area contributed by atoms with Gasteiger partial charge in [0, 0.05) is 37.6 Å². The van der Waals surface area contributed by atoms with E-state index in [1.54, 1.807) is 17.0 Å². The van der Waals surface area contributed by atoms with E-state index >= 15 is 0 Å². The van der Waals surface area contributed by atoms with Crippen LogP contribution >= 0.6 is 11.6 Å². The fourth-order valence-electron chi connectivity index (χ4n) is 3.67. The number of sulfonamides is 1. The van der Waals surface area contributed by atoms with E-state index < -0.39 is 21.9 Å². The average Bonchev–Trinajstić information content (AvgIpc) is 3.24. The molecule has 2 aliphatic heterocycles. The Morgan fingerprint density at radius 3 is 2.40 bits per heavy atom. The predicted molar refractivity (Wildman–Crippen MR) is 109 cm³/mol. The number of amides is 1. The molecular formula is C20H21ClFN3O4S. The van der Waals surface area contributed by atoms with Crippen molar-refractivity contribution in [3.8, 4) is 0 Å². The van der Waals surface area contributed by atoms with E-state index in [0.29, 0.717) is 11.4 Å². The van der Waals surface area contributed by atoms with Crippen molar-refractivity contribution in [2.75, 3.05) is 26.2 Å². The second-order valence-electron chi connectivity index (χ2n) is 7.22. The van der Waals surface area contributed by atoms with Gasteiger partial charge in [-0.1, -0.05) is 35.9 Å². The molecule has 0 aromatic heterocycles. The first-order valence-electron chi connectivity index (χ1n) is 9.56. The van der Waals surface area contributed by atoms with Gasteiger partial charge < -0.3 is 4.90 Å². The first kappa shape index (κ1) is 21.2. The molecule has 1 amide bonds. The van der Waals surface area contributed by atoms with Crippen LogP contribution in [0.25, 0.3) is 0 Å². The molecule has 30 heavy (non-hydrogen) atoms. The molecule has 2 aromatic rings. The predicted octanol–water partition coefficient (Wildman–Crippen LogP) is 2.35. The molecule has 0 saturated carbocycles. The quantitative estimate of drug-likeness (QED) is 0.768. The van der Waals surface area contributed by atoms with Gasteiger partial charge in [-0.05, 0) is 29.8 Å². The molecule has 0 spiro atoms. The molecule has 2 fully saturated rings. The Morgan fingerprint density at radius 2 is 1.73 bits per heavy atom. The molecule has 10 heteroatoms. The lowest BCUT2D eigenvalue weighted by atomic mass is 10.0. The summed E-state index contributed by atoms with van der Waals surface area (Å²) < 4.78 is 40.6. The molecule has 4 rings (SSSR count). The van der Waals surface area contributed by atoms with Crippen LogP contribution in [0.3, 0.4) is 0 Å². The molecule has 2 saturated heterocycles. The minimum Gasteiger partial charge on any atom is -0.339 e. The van der Waals surface area contributed by atoms with Crippen molar-refractivity contribution >= 4 is 27.5 Å². The van der Waals surface area contributed by atoms with Crippen molar-refractivity contribution in [2.45, 2.75) is 23.5 Å². The number of nitrogens with zero attached hydrogens (tertiary/aromatic N) is 2. The Morgan fingerprint density at radius 1 is 1.07 bits per heavy atom. The minimum absolute atomic E-state index is 0.108. The maximum absolute atomic E-state index is 13.9. The molecule has 2 aromatic carbocycles. The van der Waals surface area contributed by atoms with Crippen molar-refractivity contribution in [3.05, 3.63) is 64.9 Å². The number of hydrogen-bond donors (Lipinski definition) is 1. The number of benzene rings is 2. The van der Waals surface area contributed by atoms with Crippen LogP contribution in [-0.4, -0.2) is 55.8 Å². The maximum atomic E-state index is 13.9. The maximum Gasteiger partial charge on any atom is 0.246 e. The van der Waals surface area contributed by atoms with Gasteiger partial charge in [0.15, 0.2) is 0 Å². The zero-order valence-corrected chi connectivity index (χ0v) is 17.6. The second-order valence-corrected chi connectivity index (χ2v) is 9.57. The number of carbonyl (C=O) groups excluding carboxylic acids is 1. The monoisotopic (exact) mass is 453 g/mol. The Kier molecular flexibility index (Phi) is 6.08. The average molecular weight is 454 g/mol. The molecule has 160 valence electrons. The molecule has 0 radical (unpaired) electrons. The highest BCUT2D eigenvalue weighted by molar-refractivity contribution is 7.89. The summed E-state index contributed by atoms with van der Waals surface area (Å²) in [5.41, 5.74) is 3.71. The number of carbonyl (C=O) groups is 1. The van der Waals surface area contributed by atoms with Crippen LogP contribution in [0.4, 0.5) is 4.39 Å². The van der Waals surface area contributed by atoms with Gasteiger partial charge in [-0.25, -0.2) is 12.8 Å². The third kappa shape index (κ3) is 4.21. The number of piperazine rings is 1. The highest BCUT2D eigenvalue weighted by Crippen LogP contribution is 2.29. The highest BCUT2D eigenvalue weighted by Gasteiger charge is 2.37. The molecular weight excluding hydrogens is 433 g/mol. The second kappa shape index (κ2) is 8.60. The van der Waals surface area contributed by atoms with Crippen molar-refractivity contribution in [1.82, 2.24) is 14.7 Å². The van der Waals surface area contributed by atoms with Crippen LogP contribution < -0.4 is 5.48 Å². The normalized spacial score (nSPS) is 22.9. The molecule has 0 bridgehead atoms. The van der Waals surface area contributed by atoms with E-state index in [-0.39, 0.29) is 43.1 Å². The summed E-state index contributed by atoms with van der Waals surface area (Å²) in [6.07, 6.45) is 0.202. The molecule has 7 nitrogen and oxygen atoms in total. The molecule has 2 unspecified atom stereocenters. The summed E-state index contributed by atoms with van der Waals surface area (Å²) in [4.78, 5) is 19.7. The summed E-state index contributed by atoms with van der Waals surface area (Å²) in [5.74, 6) is -0.925. The Labute approximate surface area is 179 Å². The van der Waals surface area contributed by atoms with Crippen LogP contribution in [0, 0.1) is 5.82 Å². The fraction of sp³-hybridized carbons (Fsp3) is 0.350. The molecule has 2 heterocycles. The molecule has 1 N–H and O–H groups in total. The van der Waals surface area contributed by atoms with Crippen molar-refractivity contribution in [3.63, 3.8) is 0 Å². The van der Waals surface area contributed by atoms with Crippen LogP contribution in [0.1, 0.15) is 18.1 Å². The van der Waals surface area contributed by atoms with Gasteiger partial charge in [-0.15, -0.1) is 0 Å². The van der Waals surface area contributed by atoms with Gasteiger partial charge in [0.05, 0.1) is 0 Å². The third-order valence-corrected chi connectivity index (χ3v) is 7.53. The van der Waals surface area contributed by atoms with E-state index in [0.717, 1.165) is 11.6 Å². The number of rotatable bonds is 4. The van der Waals surface area contributed by atoms with E-state index in [4.69, 9.17) is 16.4 Å². The third-order valence-electron chi connectivity index (χ3n) is 5.35. The highest BCUT2D eigenvalue weighted by atomic mass is 35.5. The minimum atomic E-state index is -3.94. The van der Waals surface area contributed by atoms with Crippen LogP contribution in [0.2, 0.25) is 5.02 Å². The topological polar surface area (TPSA) is 79.0 Å². The Hall–Kier alpha value is -2.04. The van der Waals surface area contributed by atoms with E-state index in [2.05, 4.69) is 5.48 Å². The summed E-state index contributed by atoms with van der Waals surface area (Å²) >= 11 is 5.91. The van der Waals surface area contributed by atoms with E-state index in [1.165, 1.54) is 22.5 Å². The lowest BCUT2D eigenvalue weighted by Gasteiger charge is -2.35. The smallest absolute Gasteiger partial charge is 0.246 e. The van der Waals surface area contributed by atoms with Crippen molar-refractivity contribution < 1.29 is 22.4 Å². The van der Waals surface area contributed by atoms with Crippen molar-refractivity contribution in [2.24, 2.45) is 0 Å². The number of halogens is 2. The van der Waals surface area contributed by atoms with Gasteiger partial charge >= 0.3 is 0 Å². The van der Waals surface area contributed by atoms with Gasteiger partial charge in [0.1, 0.15) is 22.9 Å². The van der Waals surface area contributed by atoms with Crippen LogP contribution in [-0.2, 0) is 19.7 Å². The molecule has 0 aliphatic carbocycles. The van der Waals surface area contributed by atoms with E-state index in [9.17, 15) is 17.6 Å². The summed E-state index contributed by atoms with van der Waals surface area (Å²) in [6, 6.07) is 12.0. The Bertz CT molecular complexity index is 1030. The Balaban J connectivity index is 1.36. The molecule has 2 aliphatic rings. The lowest BCUT2D eigenvalue weighted by Crippen LogP contribution is -2.54. The first-order chi connectivity index (χ1) is 14.4. The zero-order chi connectivity index (χ0) is 21.3. The summed E-state index contributed by atoms with van der Waals surface area (Å²) in [7, 11) is -3.94. The van der Waals surface area contributed by atoms with Crippen molar-refractivity contribution in [1.29, 1.82) is 0 Å². The van der Waals surface area contributed by atoms with Crippen LogP contribution in [0.5, 0.6) is 0 Å².